The lowest BCUT2D eigenvalue weighted by Crippen LogP contribution is -2.33. The average molecular weight is 290 g/mol. The summed E-state index contributed by atoms with van der Waals surface area (Å²) in [5.41, 5.74) is 0. The third kappa shape index (κ3) is 4.04. The lowest BCUT2D eigenvalue weighted by Gasteiger charge is -2.18. The van der Waals surface area contributed by atoms with Crippen molar-refractivity contribution in [3.05, 3.63) is 36.4 Å². The van der Waals surface area contributed by atoms with Crippen LogP contribution in [0, 0.1) is 0 Å². The predicted octanol–water partition coefficient (Wildman–Crippen LogP) is 4.34. The number of rotatable bonds is 5. The van der Waals surface area contributed by atoms with Gasteiger partial charge in [-0.1, -0.05) is 12.1 Å². The van der Waals surface area contributed by atoms with Gasteiger partial charge < -0.3 is 9.47 Å². The van der Waals surface area contributed by atoms with Gasteiger partial charge in [0, 0.05) is 0 Å². The molecule has 0 fully saturated rings. The van der Waals surface area contributed by atoms with E-state index in [-0.39, 0.29) is 0 Å². The summed E-state index contributed by atoms with van der Waals surface area (Å²) in [6, 6.07) is 1.37. The van der Waals surface area contributed by atoms with Gasteiger partial charge in [-0.15, -0.1) is 0 Å². The van der Waals surface area contributed by atoms with Crippen molar-refractivity contribution in [1.82, 2.24) is 0 Å². The Labute approximate surface area is 102 Å². The molecular weight excluding hydrogens is 285 g/mol. The number of hydrogen-bond donors (Lipinski definition) is 0. The van der Waals surface area contributed by atoms with E-state index in [1.54, 1.807) is 0 Å². The van der Waals surface area contributed by atoms with Gasteiger partial charge in [0.2, 0.25) is 0 Å². The summed E-state index contributed by atoms with van der Waals surface area (Å²) < 4.78 is 92.6. The van der Waals surface area contributed by atoms with E-state index in [1.165, 1.54) is 0 Å². The fraction of sp³-hybridized carbons (Fsp3) is 0.200. The minimum atomic E-state index is -4.87. The Balaban J connectivity index is 3.00. The Kier molecular flexibility index (Phi) is 4.62. The molecule has 0 heterocycles. The molecule has 0 saturated carbocycles. The minimum absolute atomic E-state index is 0.731. The highest BCUT2D eigenvalue weighted by Gasteiger charge is 2.44. The van der Waals surface area contributed by atoms with Crippen LogP contribution in [0.5, 0.6) is 11.5 Å². The predicted molar refractivity (Wildman–Crippen MR) is 49.0 cm³/mol. The van der Waals surface area contributed by atoms with Gasteiger partial charge in [0.05, 0.1) is 0 Å². The smallest absolute Gasteiger partial charge is 0.424 e. The molecule has 1 aromatic rings. The molecule has 1 rings (SSSR count). The molecule has 1 aromatic carbocycles. The van der Waals surface area contributed by atoms with Crippen LogP contribution in [-0.2, 0) is 0 Å². The molecule has 0 saturated heterocycles. The molecule has 0 aliphatic rings. The lowest BCUT2D eigenvalue weighted by atomic mass is 10.3. The van der Waals surface area contributed by atoms with Gasteiger partial charge in [-0.2, -0.15) is 30.7 Å². The molecule has 0 aliphatic heterocycles. The van der Waals surface area contributed by atoms with Gasteiger partial charge in [0.25, 0.3) is 0 Å². The average Bonchev–Trinajstić information content (AvgIpc) is 2.30. The van der Waals surface area contributed by atoms with Crippen molar-refractivity contribution in [1.29, 1.82) is 0 Å². The summed E-state index contributed by atoms with van der Waals surface area (Å²) in [5, 5.41) is 0. The van der Waals surface area contributed by atoms with E-state index in [1.807, 2.05) is 0 Å². The van der Waals surface area contributed by atoms with E-state index in [0.717, 1.165) is 24.3 Å². The van der Waals surface area contributed by atoms with Gasteiger partial charge in [-0.25, -0.2) is 0 Å². The van der Waals surface area contributed by atoms with E-state index in [4.69, 9.17) is 0 Å². The largest absolute Gasteiger partial charge is 0.461 e. The van der Waals surface area contributed by atoms with Crippen LogP contribution < -0.4 is 9.47 Å². The summed E-state index contributed by atoms with van der Waals surface area (Å²) in [6.45, 7) is 0. The van der Waals surface area contributed by atoms with Gasteiger partial charge in [-0.05, 0) is 12.1 Å². The van der Waals surface area contributed by atoms with Crippen LogP contribution in [0.3, 0.4) is 0 Å². The van der Waals surface area contributed by atoms with Gasteiger partial charge in [0.15, 0.2) is 11.5 Å². The molecular formula is C10H5F7O2. The van der Waals surface area contributed by atoms with E-state index < -0.39 is 36.1 Å². The molecule has 0 aromatic heterocycles. The van der Waals surface area contributed by atoms with Crippen LogP contribution in [0.25, 0.3) is 0 Å². The number of ether oxygens (including phenoxy) is 2. The van der Waals surface area contributed by atoms with Crippen LogP contribution in [0.15, 0.2) is 36.4 Å². The summed E-state index contributed by atoms with van der Waals surface area (Å²) in [6.07, 6.45) is -11.9. The summed E-state index contributed by atoms with van der Waals surface area (Å²) in [5.74, 6) is -1.91. The first kappa shape index (κ1) is 15.1. The highest BCUT2D eigenvalue weighted by Crippen LogP contribution is 2.35. The fourth-order valence-electron chi connectivity index (χ4n) is 0.945. The molecule has 0 atom stereocenters. The normalized spacial score (nSPS) is 11.4. The molecule has 106 valence electrons. The first-order valence-electron chi connectivity index (χ1n) is 4.56. The molecule has 0 spiro atoms. The Hall–Kier alpha value is -1.93. The van der Waals surface area contributed by atoms with Gasteiger partial charge >= 0.3 is 24.6 Å². The zero-order valence-corrected chi connectivity index (χ0v) is 8.85. The molecule has 0 bridgehead atoms. The van der Waals surface area contributed by atoms with E-state index in [0.29, 0.717) is 0 Å². The maximum Gasteiger partial charge on any atom is 0.461 e. The highest BCUT2D eigenvalue weighted by atomic mass is 19.3. The van der Waals surface area contributed by atoms with E-state index in [2.05, 4.69) is 9.47 Å². The van der Waals surface area contributed by atoms with Crippen molar-refractivity contribution in [3.8, 4) is 11.5 Å². The molecule has 2 nitrogen and oxygen atoms in total. The second-order valence-electron chi connectivity index (χ2n) is 3.05. The molecule has 0 aliphatic carbocycles. The molecule has 19 heavy (non-hydrogen) atoms. The maximum atomic E-state index is 12.6. The van der Waals surface area contributed by atoms with Crippen molar-refractivity contribution < 1.29 is 40.2 Å². The lowest BCUT2D eigenvalue weighted by molar-refractivity contribution is -0.253. The molecule has 0 amide bonds. The SMILES string of the molecule is FC(F)=C(F)Oc1ccccc1OC(F)(F)C(F)F. The van der Waals surface area contributed by atoms with Crippen molar-refractivity contribution in [3.63, 3.8) is 0 Å². The summed E-state index contributed by atoms with van der Waals surface area (Å²) in [4.78, 5) is 0. The monoisotopic (exact) mass is 290 g/mol. The number of para-hydroxylation sites is 2. The molecule has 9 heteroatoms. The zero-order chi connectivity index (χ0) is 14.6. The van der Waals surface area contributed by atoms with Crippen LogP contribution >= 0.6 is 0 Å². The van der Waals surface area contributed by atoms with Crippen LogP contribution in [-0.4, -0.2) is 12.5 Å². The topological polar surface area (TPSA) is 18.5 Å². The first-order valence-corrected chi connectivity index (χ1v) is 4.56. The van der Waals surface area contributed by atoms with Crippen molar-refractivity contribution in [2.75, 3.05) is 0 Å². The third-order valence-electron chi connectivity index (χ3n) is 1.70. The maximum absolute atomic E-state index is 12.6. The molecule has 0 radical (unpaired) electrons. The Morgan fingerprint density at radius 2 is 1.53 bits per heavy atom. The zero-order valence-electron chi connectivity index (χ0n) is 8.85. The Morgan fingerprint density at radius 3 is 2.00 bits per heavy atom. The second-order valence-corrected chi connectivity index (χ2v) is 3.05. The number of alkyl halides is 4. The van der Waals surface area contributed by atoms with Crippen LogP contribution in [0.2, 0.25) is 0 Å². The fourth-order valence-corrected chi connectivity index (χ4v) is 0.945. The summed E-state index contributed by atoms with van der Waals surface area (Å²) in [7, 11) is 0. The third-order valence-corrected chi connectivity index (χ3v) is 1.70. The minimum Gasteiger partial charge on any atom is -0.424 e. The number of halogens is 7. The quantitative estimate of drug-likeness (QED) is 0.593. The summed E-state index contributed by atoms with van der Waals surface area (Å²) >= 11 is 0. The van der Waals surface area contributed by atoms with Gasteiger partial charge in [-0.3, -0.25) is 0 Å². The van der Waals surface area contributed by atoms with E-state index in [9.17, 15) is 30.7 Å². The van der Waals surface area contributed by atoms with Crippen LogP contribution in [0.1, 0.15) is 0 Å². The van der Waals surface area contributed by atoms with Crippen molar-refractivity contribution >= 4 is 0 Å². The van der Waals surface area contributed by atoms with Crippen molar-refractivity contribution in [2.24, 2.45) is 0 Å². The first-order chi connectivity index (χ1) is 8.74. The Bertz CT molecular complexity index is 469. The number of hydrogen-bond acceptors (Lipinski definition) is 2. The highest BCUT2D eigenvalue weighted by molar-refractivity contribution is 5.40. The van der Waals surface area contributed by atoms with Crippen LogP contribution in [0.4, 0.5) is 30.7 Å². The van der Waals surface area contributed by atoms with Gasteiger partial charge in [0.1, 0.15) is 0 Å². The second kappa shape index (κ2) is 5.81. The molecule has 0 unspecified atom stereocenters. The molecule has 0 N–H and O–H groups in total. The van der Waals surface area contributed by atoms with Crippen molar-refractivity contribution in [2.45, 2.75) is 12.5 Å². The number of benzene rings is 1. The van der Waals surface area contributed by atoms with E-state index >= 15 is 0 Å². The standard InChI is InChI=1S/C10H5F7O2/c11-7(12)8(13)18-5-3-1-2-4-6(5)19-10(16,17)9(14)15/h1-4,9H. The Morgan fingerprint density at radius 1 is 1.00 bits per heavy atom.